The predicted octanol–water partition coefficient (Wildman–Crippen LogP) is -0.414. The van der Waals surface area contributed by atoms with Crippen LogP contribution in [-0.4, -0.2) is 37.2 Å². The van der Waals surface area contributed by atoms with Crippen LogP contribution in [0.3, 0.4) is 0 Å². The second-order valence-electron chi connectivity index (χ2n) is 4.07. The Bertz CT molecular complexity index is 223. The van der Waals surface area contributed by atoms with Crippen molar-refractivity contribution in [1.29, 1.82) is 0 Å². The standard InChI is InChI=1S/C9H19N3O3/c1-9(2,3)15-8(14)12-5-4-11-6-7(10)13/h11H,4-6H2,1-3H3,(H2,10,13)(H,12,14). The maximum Gasteiger partial charge on any atom is 0.407 e. The summed E-state index contributed by atoms with van der Waals surface area (Å²) in [4.78, 5) is 21.4. The quantitative estimate of drug-likeness (QED) is 0.545. The van der Waals surface area contributed by atoms with Crippen molar-refractivity contribution >= 4 is 12.0 Å². The molecule has 0 aromatic carbocycles. The van der Waals surface area contributed by atoms with Crippen molar-refractivity contribution in [2.24, 2.45) is 5.73 Å². The van der Waals surface area contributed by atoms with Crippen LogP contribution >= 0.6 is 0 Å². The van der Waals surface area contributed by atoms with Gasteiger partial charge in [0.05, 0.1) is 6.54 Å². The molecule has 6 heteroatoms. The Morgan fingerprint density at radius 1 is 1.27 bits per heavy atom. The van der Waals surface area contributed by atoms with E-state index in [1.807, 2.05) is 0 Å². The maximum absolute atomic E-state index is 11.1. The highest BCUT2D eigenvalue weighted by atomic mass is 16.6. The van der Waals surface area contributed by atoms with Crippen molar-refractivity contribution in [2.45, 2.75) is 26.4 Å². The number of primary amides is 1. The molecule has 0 fully saturated rings. The van der Waals surface area contributed by atoms with Gasteiger partial charge in [-0.05, 0) is 20.8 Å². The summed E-state index contributed by atoms with van der Waals surface area (Å²) >= 11 is 0. The first-order valence-electron chi connectivity index (χ1n) is 4.77. The third kappa shape index (κ3) is 10.6. The topological polar surface area (TPSA) is 93.4 Å². The smallest absolute Gasteiger partial charge is 0.407 e. The average Bonchev–Trinajstić information content (AvgIpc) is 1.99. The lowest BCUT2D eigenvalue weighted by Crippen LogP contribution is -2.38. The van der Waals surface area contributed by atoms with Gasteiger partial charge >= 0.3 is 6.09 Å². The van der Waals surface area contributed by atoms with E-state index >= 15 is 0 Å². The summed E-state index contributed by atoms with van der Waals surface area (Å²) in [5.41, 5.74) is 4.41. The van der Waals surface area contributed by atoms with Crippen LogP contribution in [0.25, 0.3) is 0 Å². The lowest BCUT2D eigenvalue weighted by molar-refractivity contribution is -0.117. The van der Waals surface area contributed by atoms with E-state index in [2.05, 4.69) is 10.6 Å². The van der Waals surface area contributed by atoms with Gasteiger partial charge in [0.25, 0.3) is 0 Å². The molecule has 0 aliphatic heterocycles. The van der Waals surface area contributed by atoms with Gasteiger partial charge in [-0.15, -0.1) is 0 Å². The number of nitrogens with one attached hydrogen (secondary N) is 2. The number of rotatable bonds is 5. The summed E-state index contributed by atoms with van der Waals surface area (Å²) in [5.74, 6) is -0.424. The zero-order chi connectivity index (χ0) is 11.9. The Hall–Kier alpha value is -1.30. The van der Waals surface area contributed by atoms with E-state index in [4.69, 9.17) is 10.5 Å². The van der Waals surface area contributed by atoms with Crippen LogP contribution in [0, 0.1) is 0 Å². The molecule has 0 aromatic rings. The third-order valence-electron chi connectivity index (χ3n) is 1.27. The van der Waals surface area contributed by atoms with E-state index in [0.717, 1.165) is 0 Å². The van der Waals surface area contributed by atoms with Gasteiger partial charge in [-0.1, -0.05) is 0 Å². The fourth-order valence-electron chi connectivity index (χ4n) is 0.779. The number of carbonyl (C=O) groups is 2. The van der Waals surface area contributed by atoms with Crippen LogP contribution in [0.2, 0.25) is 0 Å². The first-order valence-corrected chi connectivity index (χ1v) is 4.77. The molecule has 0 aliphatic carbocycles. The van der Waals surface area contributed by atoms with Crippen LogP contribution in [0.5, 0.6) is 0 Å². The van der Waals surface area contributed by atoms with Crippen molar-refractivity contribution in [1.82, 2.24) is 10.6 Å². The largest absolute Gasteiger partial charge is 0.444 e. The number of hydrogen-bond acceptors (Lipinski definition) is 4. The molecule has 0 atom stereocenters. The van der Waals surface area contributed by atoms with Gasteiger partial charge in [0.1, 0.15) is 5.60 Å². The van der Waals surface area contributed by atoms with Crippen LogP contribution < -0.4 is 16.4 Å². The van der Waals surface area contributed by atoms with Crippen LogP contribution in [0.15, 0.2) is 0 Å². The fourth-order valence-corrected chi connectivity index (χ4v) is 0.779. The lowest BCUT2D eigenvalue weighted by atomic mass is 10.2. The number of alkyl carbamates (subject to hydrolysis) is 1. The molecule has 2 amide bonds. The van der Waals surface area contributed by atoms with Crippen molar-refractivity contribution in [3.63, 3.8) is 0 Å². The number of amides is 2. The van der Waals surface area contributed by atoms with Gasteiger partial charge in [-0.3, -0.25) is 4.79 Å². The molecule has 88 valence electrons. The fraction of sp³-hybridized carbons (Fsp3) is 0.778. The molecule has 6 nitrogen and oxygen atoms in total. The maximum atomic E-state index is 11.1. The minimum Gasteiger partial charge on any atom is -0.444 e. The molecule has 0 spiro atoms. The van der Waals surface area contributed by atoms with E-state index in [0.29, 0.717) is 13.1 Å². The highest BCUT2D eigenvalue weighted by molar-refractivity contribution is 5.75. The third-order valence-corrected chi connectivity index (χ3v) is 1.27. The summed E-state index contributed by atoms with van der Waals surface area (Å²) in [6, 6.07) is 0. The summed E-state index contributed by atoms with van der Waals surface area (Å²) < 4.78 is 5.00. The molecular formula is C9H19N3O3. The molecule has 0 heterocycles. The molecule has 0 bridgehead atoms. The second kappa shape index (κ2) is 6.23. The molecule has 15 heavy (non-hydrogen) atoms. The molecule has 4 N–H and O–H groups in total. The van der Waals surface area contributed by atoms with E-state index in [-0.39, 0.29) is 6.54 Å². The van der Waals surface area contributed by atoms with Gasteiger partial charge in [-0.25, -0.2) is 4.79 Å². The molecule has 0 rings (SSSR count). The summed E-state index contributed by atoms with van der Waals surface area (Å²) in [7, 11) is 0. The molecule has 0 unspecified atom stereocenters. The number of carbonyl (C=O) groups excluding carboxylic acids is 2. The van der Waals surface area contributed by atoms with Crippen molar-refractivity contribution in [2.75, 3.05) is 19.6 Å². The number of hydrogen-bond donors (Lipinski definition) is 3. The first-order chi connectivity index (χ1) is 6.81. The van der Waals surface area contributed by atoms with E-state index < -0.39 is 17.6 Å². The van der Waals surface area contributed by atoms with Gasteiger partial charge in [-0.2, -0.15) is 0 Å². The molecule has 0 aliphatic rings. The van der Waals surface area contributed by atoms with Crippen molar-refractivity contribution in [3.05, 3.63) is 0 Å². The molecule has 0 saturated carbocycles. The SMILES string of the molecule is CC(C)(C)OC(=O)NCCNCC(N)=O. The van der Waals surface area contributed by atoms with E-state index in [1.165, 1.54) is 0 Å². The van der Waals surface area contributed by atoms with Gasteiger partial charge < -0.3 is 21.1 Å². The predicted molar refractivity (Wildman–Crippen MR) is 56.3 cm³/mol. The van der Waals surface area contributed by atoms with Gasteiger partial charge in [0.2, 0.25) is 5.91 Å². The summed E-state index contributed by atoms with van der Waals surface area (Å²) in [6.45, 7) is 6.34. The molecule has 0 radical (unpaired) electrons. The highest BCUT2D eigenvalue weighted by Crippen LogP contribution is 2.05. The van der Waals surface area contributed by atoms with Crippen LogP contribution in [-0.2, 0) is 9.53 Å². The second-order valence-corrected chi connectivity index (χ2v) is 4.07. The van der Waals surface area contributed by atoms with E-state index in [1.54, 1.807) is 20.8 Å². The monoisotopic (exact) mass is 217 g/mol. The van der Waals surface area contributed by atoms with E-state index in [9.17, 15) is 9.59 Å². The highest BCUT2D eigenvalue weighted by Gasteiger charge is 2.15. The molecule has 0 saturated heterocycles. The first kappa shape index (κ1) is 13.7. The Balaban J connectivity index is 3.44. The summed E-state index contributed by atoms with van der Waals surface area (Å²) in [5, 5.41) is 5.30. The normalized spacial score (nSPS) is 10.9. The molecular weight excluding hydrogens is 198 g/mol. The van der Waals surface area contributed by atoms with Crippen LogP contribution in [0.4, 0.5) is 4.79 Å². The molecule has 0 aromatic heterocycles. The van der Waals surface area contributed by atoms with Crippen LogP contribution in [0.1, 0.15) is 20.8 Å². The zero-order valence-electron chi connectivity index (χ0n) is 9.42. The lowest BCUT2D eigenvalue weighted by Gasteiger charge is -2.19. The van der Waals surface area contributed by atoms with Gasteiger partial charge in [0.15, 0.2) is 0 Å². The Morgan fingerprint density at radius 3 is 2.33 bits per heavy atom. The Morgan fingerprint density at radius 2 is 1.87 bits per heavy atom. The zero-order valence-corrected chi connectivity index (χ0v) is 9.42. The van der Waals surface area contributed by atoms with Gasteiger partial charge in [0, 0.05) is 13.1 Å². The van der Waals surface area contributed by atoms with Crippen molar-refractivity contribution < 1.29 is 14.3 Å². The minimum absolute atomic E-state index is 0.107. The Labute approximate surface area is 89.5 Å². The number of ether oxygens (including phenoxy) is 1. The summed E-state index contributed by atoms with van der Waals surface area (Å²) in [6.07, 6.45) is -0.469. The number of nitrogens with two attached hydrogens (primary N) is 1. The minimum atomic E-state index is -0.495. The Kier molecular flexibility index (Phi) is 5.69. The van der Waals surface area contributed by atoms with Crippen molar-refractivity contribution in [3.8, 4) is 0 Å². The average molecular weight is 217 g/mol.